The first-order valence-electron chi connectivity index (χ1n) is 10.3. The van der Waals surface area contributed by atoms with Crippen molar-refractivity contribution >= 4 is 33.3 Å². The molecule has 0 saturated heterocycles. The van der Waals surface area contributed by atoms with Gasteiger partial charge in [-0.25, -0.2) is 9.78 Å². The summed E-state index contributed by atoms with van der Waals surface area (Å²) < 4.78 is 6.96. The number of fused-ring (bicyclic) bond motifs is 2. The summed E-state index contributed by atoms with van der Waals surface area (Å²) in [6, 6.07) is 7.44. The number of carbonyl (C=O) groups excluding carboxylic acids is 2. The molecule has 2 aromatic heterocycles. The maximum Gasteiger partial charge on any atom is 0.349 e. The van der Waals surface area contributed by atoms with Gasteiger partial charge in [-0.2, -0.15) is 0 Å². The van der Waals surface area contributed by atoms with Crippen molar-refractivity contribution in [1.29, 1.82) is 0 Å². The summed E-state index contributed by atoms with van der Waals surface area (Å²) in [7, 11) is 0. The van der Waals surface area contributed by atoms with E-state index in [4.69, 9.17) is 4.74 Å². The molecule has 0 saturated carbocycles. The van der Waals surface area contributed by atoms with Gasteiger partial charge in [0.15, 0.2) is 12.4 Å². The number of nitrogens with zero attached hydrogens (tertiary/aromatic N) is 2. The maximum atomic E-state index is 12.7. The van der Waals surface area contributed by atoms with Gasteiger partial charge in [0.05, 0.1) is 5.39 Å². The van der Waals surface area contributed by atoms with Gasteiger partial charge in [-0.1, -0.05) is 37.6 Å². The van der Waals surface area contributed by atoms with Crippen LogP contribution in [0.2, 0.25) is 0 Å². The summed E-state index contributed by atoms with van der Waals surface area (Å²) in [5, 5.41) is 0.478. The molecule has 1 aromatic carbocycles. The number of aryl methyl sites for hydroxylation is 3. The fraction of sp³-hybridized carbons (Fsp3) is 0.391. The van der Waals surface area contributed by atoms with Crippen LogP contribution in [0, 0.1) is 6.92 Å². The van der Waals surface area contributed by atoms with Gasteiger partial charge in [0.25, 0.3) is 5.56 Å². The highest BCUT2D eigenvalue weighted by Gasteiger charge is 2.24. The van der Waals surface area contributed by atoms with Gasteiger partial charge >= 0.3 is 5.97 Å². The summed E-state index contributed by atoms with van der Waals surface area (Å²) >= 11 is 1.16. The van der Waals surface area contributed by atoms with Crippen LogP contribution in [0.3, 0.4) is 0 Å². The largest absolute Gasteiger partial charge is 0.453 e. The third kappa shape index (κ3) is 3.81. The van der Waals surface area contributed by atoms with Gasteiger partial charge in [-0.05, 0) is 37.3 Å². The molecule has 3 heterocycles. The molecule has 6 nitrogen and oxygen atoms in total. The zero-order valence-corrected chi connectivity index (χ0v) is 18.0. The van der Waals surface area contributed by atoms with Crippen molar-refractivity contribution in [3.63, 3.8) is 0 Å². The van der Waals surface area contributed by atoms with E-state index in [2.05, 4.69) is 11.9 Å². The fourth-order valence-corrected chi connectivity index (χ4v) is 4.87. The van der Waals surface area contributed by atoms with Crippen molar-refractivity contribution in [2.75, 3.05) is 6.61 Å². The Balaban J connectivity index is 1.47. The van der Waals surface area contributed by atoms with E-state index in [0.29, 0.717) is 32.8 Å². The molecule has 1 aliphatic heterocycles. The Bertz CT molecular complexity index is 1170. The Morgan fingerprint density at radius 2 is 2.00 bits per heavy atom. The number of ether oxygens (including phenoxy) is 1. The highest BCUT2D eigenvalue weighted by Crippen LogP contribution is 2.29. The van der Waals surface area contributed by atoms with E-state index >= 15 is 0 Å². The number of rotatable bonds is 7. The van der Waals surface area contributed by atoms with Gasteiger partial charge in [-0.3, -0.25) is 14.2 Å². The molecule has 7 heteroatoms. The van der Waals surface area contributed by atoms with Crippen LogP contribution in [0.15, 0.2) is 29.1 Å². The third-order valence-electron chi connectivity index (χ3n) is 5.53. The second-order valence-electron chi connectivity index (χ2n) is 7.62. The van der Waals surface area contributed by atoms with Crippen LogP contribution in [0.25, 0.3) is 10.2 Å². The van der Waals surface area contributed by atoms with Crippen molar-refractivity contribution in [2.24, 2.45) is 0 Å². The van der Waals surface area contributed by atoms with Crippen LogP contribution in [-0.4, -0.2) is 27.9 Å². The molecule has 0 N–H and O–H groups in total. The Morgan fingerprint density at radius 1 is 1.23 bits per heavy atom. The number of unbranched alkanes of at least 4 members (excludes halogenated alkanes) is 1. The van der Waals surface area contributed by atoms with Crippen molar-refractivity contribution in [1.82, 2.24) is 9.55 Å². The standard InChI is InChI=1S/C23H24N2O4S/c1-3-4-6-15-8-10-16(11-9-15)17(26)13-29-23(28)20-14(2)19-21(30-20)24-18-7-5-12-25(18)22(19)27/h8-11H,3-7,12-13H2,1-2H3. The SMILES string of the molecule is CCCCc1ccc(C(=O)COC(=O)c2sc3nc4n(c(=O)c3c2C)CCC4)cc1. The Hall–Kier alpha value is -2.80. The average Bonchev–Trinajstić information content (AvgIpc) is 3.35. The minimum atomic E-state index is -0.590. The number of aromatic nitrogens is 2. The lowest BCUT2D eigenvalue weighted by atomic mass is 10.0. The number of carbonyl (C=O) groups is 2. The van der Waals surface area contributed by atoms with Gasteiger partial charge in [0.1, 0.15) is 15.5 Å². The number of thiophene rings is 1. The molecule has 0 amide bonds. The van der Waals surface area contributed by atoms with E-state index in [0.717, 1.165) is 49.3 Å². The van der Waals surface area contributed by atoms with Crippen molar-refractivity contribution in [3.05, 3.63) is 62.0 Å². The van der Waals surface area contributed by atoms with E-state index in [1.165, 1.54) is 5.56 Å². The molecular formula is C23H24N2O4S. The van der Waals surface area contributed by atoms with Crippen LogP contribution in [-0.2, 0) is 24.1 Å². The van der Waals surface area contributed by atoms with Crippen molar-refractivity contribution in [3.8, 4) is 0 Å². The van der Waals surface area contributed by atoms with Gasteiger partial charge < -0.3 is 4.74 Å². The molecule has 0 fully saturated rings. The lowest BCUT2D eigenvalue weighted by Crippen LogP contribution is -2.20. The summed E-state index contributed by atoms with van der Waals surface area (Å²) in [5.74, 6) is -0.0690. The molecule has 1 aliphatic rings. The van der Waals surface area contributed by atoms with Crippen LogP contribution < -0.4 is 5.56 Å². The van der Waals surface area contributed by atoms with Crippen LogP contribution in [0.1, 0.15) is 63.2 Å². The van der Waals surface area contributed by atoms with Crippen molar-refractivity contribution in [2.45, 2.75) is 52.5 Å². The highest BCUT2D eigenvalue weighted by atomic mass is 32.1. The first kappa shape index (κ1) is 20.5. The van der Waals surface area contributed by atoms with E-state index in [-0.39, 0.29) is 17.9 Å². The molecule has 3 aromatic rings. The molecule has 156 valence electrons. The molecule has 0 bridgehead atoms. The Labute approximate surface area is 178 Å². The summed E-state index contributed by atoms with van der Waals surface area (Å²) in [5.41, 5.74) is 2.19. The summed E-state index contributed by atoms with van der Waals surface area (Å²) in [6.07, 6.45) is 4.91. The van der Waals surface area contributed by atoms with E-state index in [9.17, 15) is 14.4 Å². The maximum absolute atomic E-state index is 12.7. The highest BCUT2D eigenvalue weighted by molar-refractivity contribution is 7.20. The first-order chi connectivity index (χ1) is 14.5. The predicted octanol–water partition coefficient (Wildman–Crippen LogP) is 4.09. The minimum absolute atomic E-state index is 0.0976. The second-order valence-corrected chi connectivity index (χ2v) is 8.62. The predicted molar refractivity (Wildman–Crippen MR) is 117 cm³/mol. The lowest BCUT2D eigenvalue weighted by Gasteiger charge is -2.05. The molecule has 30 heavy (non-hydrogen) atoms. The molecule has 0 radical (unpaired) electrons. The molecule has 0 atom stereocenters. The van der Waals surface area contributed by atoms with Crippen LogP contribution in [0.4, 0.5) is 0 Å². The summed E-state index contributed by atoms with van der Waals surface area (Å²) in [4.78, 5) is 43.2. The third-order valence-corrected chi connectivity index (χ3v) is 6.69. The number of ketones is 1. The van der Waals surface area contributed by atoms with Crippen LogP contribution >= 0.6 is 11.3 Å². The number of hydrogen-bond donors (Lipinski definition) is 0. The molecule has 4 rings (SSSR count). The molecule has 0 aliphatic carbocycles. The van der Waals surface area contributed by atoms with E-state index < -0.39 is 5.97 Å². The number of benzene rings is 1. The molecule has 0 spiro atoms. The van der Waals surface area contributed by atoms with Gasteiger partial charge in [0.2, 0.25) is 0 Å². The summed E-state index contributed by atoms with van der Waals surface area (Å²) in [6.45, 7) is 4.21. The van der Waals surface area contributed by atoms with E-state index in [1.807, 2.05) is 12.1 Å². The zero-order chi connectivity index (χ0) is 21.3. The smallest absolute Gasteiger partial charge is 0.349 e. The monoisotopic (exact) mass is 424 g/mol. The topological polar surface area (TPSA) is 78.3 Å². The molecule has 0 unspecified atom stereocenters. The molecular weight excluding hydrogens is 400 g/mol. The zero-order valence-electron chi connectivity index (χ0n) is 17.2. The van der Waals surface area contributed by atoms with Crippen LogP contribution in [0.5, 0.6) is 0 Å². The Morgan fingerprint density at radius 3 is 2.73 bits per heavy atom. The average molecular weight is 425 g/mol. The van der Waals surface area contributed by atoms with Gasteiger partial charge in [0, 0.05) is 18.5 Å². The minimum Gasteiger partial charge on any atom is -0.453 e. The normalized spacial score (nSPS) is 12.9. The number of Topliss-reactive ketones (excluding diaryl/α,β-unsaturated/α-hetero) is 1. The second kappa shape index (κ2) is 8.52. The van der Waals surface area contributed by atoms with Gasteiger partial charge in [-0.15, -0.1) is 11.3 Å². The Kier molecular flexibility index (Phi) is 5.81. The fourth-order valence-electron chi connectivity index (χ4n) is 3.79. The number of hydrogen-bond acceptors (Lipinski definition) is 6. The quantitative estimate of drug-likeness (QED) is 0.422. The number of esters is 1. The van der Waals surface area contributed by atoms with Crippen molar-refractivity contribution < 1.29 is 14.3 Å². The first-order valence-corrected chi connectivity index (χ1v) is 11.1. The lowest BCUT2D eigenvalue weighted by molar-refractivity contribution is 0.0479. The van der Waals surface area contributed by atoms with E-state index in [1.54, 1.807) is 23.6 Å².